The Bertz CT molecular complexity index is 465. The third-order valence-corrected chi connectivity index (χ3v) is 3.68. The molecular formula is C12H13BrClNO3. The average molecular weight is 335 g/mol. The summed E-state index contributed by atoms with van der Waals surface area (Å²) in [4.78, 5) is 22.8. The zero-order valence-corrected chi connectivity index (χ0v) is 12.3. The van der Waals surface area contributed by atoms with Crippen LogP contribution in [-0.4, -0.2) is 23.8 Å². The van der Waals surface area contributed by atoms with Gasteiger partial charge in [-0.2, -0.15) is 0 Å². The van der Waals surface area contributed by atoms with E-state index < -0.39 is 5.97 Å². The first-order valence-corrected chi connectivity index (χ1v) is 6.61. The van der Waals surface area contributed by atoms with Crippen LogP contribution in [-0.2, 0) is 9.53 Å². The minimum absolute atomic E-state index is 0.171. The fraction of sp³-hybridized carbons (Fsp3) is 0.333. The van der Waals surface area contributed by atoms with Crippen molar-refractivity contribution in [1.82, 2.24) is 0 Å². The summed E-state index contributed by atoms with van der Waals surface area (Å²) in [5.41, 5.74) is 0.724. The van der Waals surface area contributed by atoms with Crippen molar-refractivity contribution in [2.24, 2.45) is 0 Å². The molecule has 4 nitrogen and oxygen atoms in total. The van der Waals surface area contributed by atoms with Crippen LogP contribution < -0.4 is 5.32 Å². The summed E-state index contributed by atoms with van der Waals surface area (Å²) in [5.74, 6) is -0.711. The van der Waals surface area contributed by atoms with Crippen LogP contribution in [0, 0.1) is 0 Å². The molecule has 0 spiro atoms. The SMILES string of the molecule is CCC(Br)C(=O)Nc1ccc(Cl)c(C(=O)OC)c1. The molecule has 98 valence electrons. The first-order chi connectivity index (χ1) is 8.49. The van der Waals surface area contributed by atoms with Crippen LogP contribution in [0.5, 0.6) is 0 Å². The van der Waals surface area contributed by atoms with E-state index >= 15 is 0 Å². The smallest absolute Gasteiger partial charge is 0.339 e. The highest BCUT2D eigenvalue weighted by Crippen LogP contribution is 2.22. The van der Waals surface area contributed by atoms with Gasteiger partial charge < -0.3 is 10.1 Å². The molecule has 0 saturated heterocycles. The van der Waals surface area contributed by atoms with Crippen molar-refractivity contribution in [2.75, 3.05) is 12.4 Å². The number of rotatable bonds is 4. The zero-order chi connectivity index (χ0) is 13.7. The van der Waals surface area contributed by atoms with E-state index in [4.69, 9.17) is 11.6 Å². The van der Waals surface area contributed by atoms with Gasteiger partial charge in [0.2, 0.25) is 5.91 Å². The van der Waals surface area contributed by atoms with Crippen molar-refractivity contribution in [3.63, 3.8) is 0 Å². The quantitative estimate of drug-likeness (QED) is 0.679. The second-order valence-corrected chi connectivity index (χ2v) is 5.06. The third kappa shape index (κ3) is 3.71. The van der Waals surface area contributed by atoms with Gasteiger partial charge in [-0.15, -0.1) is 0 Å². The molecule has 0 heterocycles. The van der Waals surface area contributed by atoms with Crippen LogP contribution in [0.1, 0.15) is 23.7 Å². The van der Waals surface area contributed by atoms with Crippen LogP contribution in [0.2, 0.25) is 5.02 Å². The van der Waals surface area contributed by atoms with Gasteiger partial charge in [0, 0.05) is 5.69 Å². The van der Waals surface area contributed by atoms with E-state index in [1.165, 1.54) is 13.2 Å². The summed E-state index contributed by atoms with van der Waals surface area (Å²) in [6.45, 7) is 1.89. The molecule has 0 aliphatic rings. The largest absolute Gasteiger partial charge is 0.465 e. The summed E-state index contributed by atoms with van der Waals surface area (Å²) < 4.78 is 4.60. The van der Waals surface area contributed by atoms with Gasteiger partial charge in [-0.25, -0.2) is 4.79 Å². The molecule has 18 heavy (non-hydrogen) atoms. The molecule has 6 heteroatoms. The van der Waals surface area contributed by atoms with Crippen molar-refractivity contribution >= 4 is 45.1 Å². The molecule has 1 aromatic carbocycles. The van der Waals surface area contributed by atoms with Gasteiger partial charge in [-0.3, -0.25) is 4.79 Å². The number of hydrogen-bond donors (Lipinski definition) is 1. The number of benzene rings is 1. The van der Waals surface area contributed by atoms with Gasteiger partial charge in [-0.1, -0.05) is 34.5 Å². The number of hydrogen-bond acceptors (Lipinski definition) is 3. The van der Waals surface area contributed by atoms with Crippen molar-refractivity contribution in [2.45, 2.75) is 18.2 Å². The Balaban J connectivity index is 2.92. The van der Waals surface area contributed by atoms with Gasteiger partial charge in [-0.05, 0) is 24.6 Å². The Hall–Kier alpha value is -1.07. The summed E-state index contributed by atoms with van der Waals surface area (Å²) >= 11 is 9.12. The molecule has 0 bridgehead atoms. The number of esters is 1. The average Bonchev–Trinajstić information content (AvgIpc) is 2.38. The van der Waals surface area contributed by atoms with E-state index in [9.17, 15) is 9.59 Å². The van der Waals surface area contributed by atoms with Crippen LogP contribution >= 0.6 is 27.5 Å². The Morgan fingerprint density at radius 1 is 1.50 bits per heavy atom. The van der Waals surface area contributed by atoms with E-state index in [1.54, 1.807) is 12.1 Å². The van der Waals surface area contributed by atoms with Gasteiger partial charge in [0.05, 0.1) is 22.5 Å². The Morgan fingerprint density at radius 3 is 2.72 bits per heavy atom. The molecular weight excluding hydrogens is 321 g/mol. The molecule has 0 fully saturated rings. The lowest BCUT2D eigenvalue weighted by Gasteiger charge is -2.10. The molecule has 1 unspecified atom stereocenters. The lowest BCUT2D eigenvalue weighted by atomic mass is 10.2. The van der Waals surface area contributed by atoms with Crippen LogP contribution in [0.15, 0.2) is 18.2 Å². The van der Waals surface area contributed by atoms with Gasteiger partial charge in [0.25, 0.3) is 0 Å². The summed E-state index contributed by atoms with van der Waals surface area (Å²) in [6, 6.07) is 4.65. The molecule has 0 aromatic heterocycles. The molecule has 1 rings (SSSR count). The maximum atomic E-state index is 11.7. The number of methoxy groups -OCH3 is 1. The lowest BCUT2D eigenvalue weighted by molar-refractivity contribution is -0.115. The highest BCUT2D eigenvalue weighted by atomic mass is 79.9. The van der Waals surface area contributed by atoms with Gasteiger partial charge >= 0.3 is 5.97 Å². The van der Waals surface area contributed by atoms with E-state index in [-0.39, 0.29) is 21.3 Å². The third-order valence-electron chi connectivity index (χ3n) is 2.28. The molecule has 0 saturated carbocycles. The molecule has 0 radical (unpaired) electrons. The Kier molecular flexibility index (Phi) is 5.62. The molecule has 1 N–H and O–H groups in total. The fourth-order valence-corrected chi connectivity index (χ4v) is 1.58. The van der Waals surface area contributed by atoms with Crippen LogP contribution in [0.4, 0.5) is 5.69 Å². The zero-order valence-electron chi connectivity index (χ0n) is 10.00. The van der Waals surface area contributed by atoms with E-state index in [0.717, 1.165) is 0 Å². The second-order valence-electron chi connectivity index (χ2n) is 3.55. The van der Waals surface area contributed by atoms with E-state index in [1.807, 2.05) is 6.92 Å². The predicted molar refractivity (Wildman–Crippen MR) is 74.4 cm³/mol. The molecule has 1 aromatic rings. The highest BCUT2D eigenvalue weighted by Gasteiger charge is 2.15. The minimum Gasteiger partial charge on any atom is -0.465 e. The van der Waals surface area contributed by atoms with E-state index in [2.05, 4.69) is 26.0 Å². The van der Waals surface area contributed by atoms with Crippen molar-refractivity contribution in [3.05, 3.63) is 28.8 Å². The van der Waals surface area contributed by atoms with Crippen molar-refractivity contribution in [1.29, 1.82) is 0 Å². The molecule has 0 aliphatic heterocycles. The van der Waals surface area contributed by atoms with Gasteiger partial charge in [0.15, 0.2) is 0 Å². The number of carbonyl (C=O) groups is 2. The Labute approximate surface area is 119 Å². The summed E-state index contributed by atoms with van der Waals surface area (Å²) in [5, 5.41) is 2.97. The van der Waals surface area contributed by atoms with Crippen LogP contribution in [0.25, 0.3) is 0 Å². The van der Waals surface area contributed by atoms with Crippen molar-refractivity contribution in [3.8, 4) is 0 Å². The number of ether oxygens (including phenoxy) is 1. The van der Waals surface area contributed by atoms with E-state index in [0.29, 0.717) is 12.1 Å². The monoisotopic (exact) mass is 333 g/mol. The molecule has 0 aliphatic carbocycles. The number of anilines is 1. The first-order valence-electron chi connectivity index (χ1n) is 5.32. The molecule has 1 atom stereocenters. The summed E-state index contributed by atoms with van der Waals surface area (Å²) in [6.07, 6.45) is 0.670. The number of alkyl halides is 1. The number of carbonyl (C=O) groups excluding carboxylic acids is 2. The standard InChI is InChI=1S/C12H13BrClNO3/c1-3-9(13)11(16)15-7-4-5-10(14)8(6-7)12(17)18-2/h4-6,9H,3H2,1-2H3,(H,15,16). The van der Waals surface area contributed by atoms with Gasteiger partial charge in [0.1, 0.15) is 0 Å². The first kappa shape index (κ1) is 15.0. The summed E-state index contributed by atoms with van der Waals surface area (Å²) in [7, 11) is 1.27. The maximum Gasteiger partial charge on any atom is 0.339 e. The predicted octanol–water partition coefficient (Wildman–Crippen LogP) is 3.24. The highest BCUT2D eigenvalue weighted by molar-refractivity contribution is 9.10. The molecule has 1 amide bonds. The Morgan fingerprint density at radius 2 is 2.17 bits per heavy atom. The topological polar surface area (TPSA) is 55.4 Å². The number of amides is 1. The normalized spacial score (nSPS) is 11.8. The van der Waals surface area contributed by atoms with Crippen LogP contribution in [0.3, 0.4) is 0 Å². The lowest BCUT2D eigenvalue weighted by Crippen LogP contribution is -2.22. The van der Waals surface area contributed by atoms with Crippen molar-refractivity contribution < 1.29 is 14.3 Å². The number of nitrogens with one attached hydrogen (secondary N) is 1. The number of halogens is 2. The minimum atomic E-state index is -0.540. The second kappa shape index (κ2) is 6.75. The fourth-order valence-electron chi connectivity index (χ4n) is 1.28. The maximum absolute atomic E-state index is 11.7.